The molecule has 2 heterocycles. The van der Waals surface area contributed by atoms with Crippen LogP contribution in [0.1, 0.15) is 32.1 Å². The minimum absolute atomic E-state index is 0.162. The number of ether oxygens (including phenoxy) is 3. The lowest BCUT2D eigenvalue weighted by Crippen LogP contribution is -2.05. The van der Waals surface area contributed by atoms with Crippen molar-refractivity contribution >= 4 is 17.0 Å². The first-order valence-corrected chi connectivity index (χ1v) is 12.0. The summed E-state index contributed by atoms with van der Waals surface area (Å²) in [6, 6.07) is 14.1. The summed E-state index contributed by atoms with van der Waals surface area (Å²) in [5.41, 5.74) is 3.02. The zero-order chi connectivity index (χ0) is 24.5. The molecule has 8 heteroatoms. The standard InChI is InChI=1S/C27H32N4O4/c1-33-22-10-8-21(9-11-22)27-29-24-13-12-23(35-18-5-3-4-7-26(32)34-2)19-25(24)31(27)16-6-15-30-17-14-28-20-30/h8-14,17,19-20H,3-7,15-16,18H2,1-2H3. The van der Waals surface area contributed by atoms with Crippen molar-refractivity contribution < 1.29 is 19.0 Å². The predicted molar refractivity (Wildman–Crippen MR) is 135 cm³/mol. The Labute approximate surface area is 205 Å². The second-order valence-electron chi connectivity index (χ2n) is 8.36. The Morgan fingerprint density at radius 1 is 0.943 bits per heavy atom. The van der Waals surface area contributed by atoms with Crippen molar-refractivity contribution in [2.45, 2.75) is 45.2 Å². The molecule has 184 valence electrons. The number of esters is 1. The van der Waals surface area contributed by atoms with Gasteiger partial charge in [-0.25, -0.2) is 9.97 Å². The van der Waals surface area contributed by atoms with Crippen LogP contribution in [0.2, 0.25) is 0 Å². The topological polar surface area (TPSA) is 80.4 Å². The number of methoxy groups -OCH3 is 2. The number of carbonyl (C=O) groups is 1. The van der Waals surface area contributed by atoms with E-state index in [0.29, 0.717) is 13.0 Å². The molecule has 0 N–H and O–H groups in total. The van der Waals surface area contributed by atoms with Gasteiger partial charge in [-0.2, -0.15) is 0 Å². The molecule has 0 fully saturated rings. The van der Waals surface area contributed by atoms with E-state index in [-0.39, 0.29) is 5.97 Å². The Hall–Kier alpha value is -3.81. The van der Waals surface area contributed by atoms with E-state index in [1.54, 1.807) is 13.3 Å². The van der Waals surface area contributed by atoms with Crippen molar-refractivity contribution in [2.24, 2.45) is 0 Å². The molecule has 0 aliphatic heterocycles. The molecule has 0 atom stereocenters. The van der Waals surface area contributed by atoms with Crippen LogP contribution in [0, 0.1) is 0 Å². The molecular formula is C27H32N4O4. The summed E-state index contributed by atoms with van der Waals surface area (Å²) >= 11 is 0. The summed E-state index contributed by atoms with van der Waals surface area (Å²) in [7, 11) is 3.09. The van der Waals surface area contributed by atoms with Gasteiger partial charge in [-0.1, -0.05) is 0 Å². The van der Waals surface area contributed by atoms with Crippen LogP contribution >= 0.6 is 0 Å². The lowest BCUT2D eigenvalue weighted by Gasteiger charge is -2.11. The number of hydrogen-bond donors (Lipinski definition) is 0. The molecule has 2 aromatic carbocycles. The highest BCUT2D eigenvalue weighted by molar-refractivity contribution is 5.82. The number of imidazole rings is 2. The van der Waals surface area contributed by atoms with Crippen LogP contribution in [0.25, 0.3) is 22.4 Å². The van der Waals surface area contributed by atoms with Crippen molar-refractivity contribution in [2.75, 3.05) is 20.8 Å². The maximum atomic E-state index is 11.2. The second kappa shape index (κ2) is 12.1. The number of rotatable bonds is 13. The first-order chi connectivity index (χ1) is 17.2. The average Bonchev–Trinajstić information content (AvgIpc) is 3.54. The van der Waals surface area contributed by atoms with Crippen LogP contribution in [0.3, 0.4) is 0 Å². The third-order valence-electron chi connectivity index (χ3n) is 5.95. The monoisotopic (exact) mass is 476 g/mol. The highest BCUT2D eigenvalue weighted by Crippen LogP contribution is 2.29. The number of hydrogen-bond acceptors (Lipinski definition) is 6. The molecule has 0 aliphatic carbocycles. The van der Waals surface area contributed by atoms with Gasteiger partial charge in [0.15, 0.2) is 0 Å². The van der Waals surface area contributed by atoms with Crippen molar-refractivity contribution in [1.29, 1.82) is 0 Å². The normalized spacial score (nSPS) is 11.0. The van der Waals surface area contributed by atoms with E-state index in [4.69, 9.17) is 14.5 Å². The minimum atomic E-state index is -0.162. The first kappa shape index (κ1) is 24.3. The van der Waals surface area contributed by atoms with Gasteiger partial charge in [0.05, 0.1) is 38.2 Å². The van der Waals surface area contributed by atoms with Crippen molar-refractivity contribution in [3.8, 4) is 22.9 Å². The summed E-state index contributed by atoms with van der Waals surface area (Å²) in [5.74, 6) is 2.40. The van der Waals surface area contributed by atoms with Crippen LogP contribution in [0.4, 0.5) is 0 Å². The molecule has 8 nitrogen and oxygen atoms in total. The molecular weight excluding hydrogens is 444 g/mol. The SMILES string of the molecule is COC(=O)CCCCCOc1ccc2nc(-c3ccc(OC)cc3)n(CCCn3ccnc3)c2c1. The first-order valence-electron chi connectivity index (χ1n) is 12.0. The Balaban J connectivity index is 1.49. The number of carbonyl (C=O) groups excluding carboxylic acids is 1. The van der Waals surface area contributed by atoms with Gasteiger partial charge in [0, 0.05) is 43.5 Å². The summed E-state index contributed by atoms with van der Waals surface area (Å²) in [4.78, 5) is 20.3. The lowest BCUT2D eigenvalue weighted by atomic mass is 10.2. The van der Waals surface area contributed by atoms with Crippen molar-refractivity contribution in [1.82, 2.24) is 19.1 Å². The maximum absolute atomic E-state index is 11.2. The molecule has 2 aromatic heterocycles. The molecule has 0 amide bonds. The number of benzene rings is 2. The minimum Gasteiger partial charge on any atom is -0.497 e. The highest BCUT2D eigenvalue weighted by atomic mass is 16.5. The molecule has 0 spiro atoms. The molecule has 0 bridgehead atoms. The summed E-state index contributed by atoms with van der Waals surface area (Å²) < 4.78 is 20.4. The van der Waals surface area contributed by atoms with Gasteiger partial charge < -0.3 is 23.3 Å². The number of aromatic nitrogens is 4. The van der Waals surface area contributed by atoms with Gasteiger partial charge in [-0.05, 0) is 62.1 Å². The Bertz CT molecular complexity index is 1220. The molecule has 4 aromatic rings. The summed E-state index contributed by atoms with van der Waals surface area (Å²) in [5, 5.41) is 0. The zero-order valence-electron chi connectivity index (χ0n) is 20.4. The number of unbranched alkanes of at least 4 members (excludes halogenated alkanes) is 2. The maximum Gasteiger partial charge on any atom is 0.305 e. The Kier molecular flexibility index (Phi) is 8.38. The van der Waals surface area contributed by atoms with E-state index in [1.807, 2.05) is 48.9 Å². The highest BCUT2D eigenvalue weighted by Gasteiger charge is 2.14. The molecule has 0 aliphatic rings. The van der Waals surface area contributed by atoms with E-state index in [1.165, 1.54) is 7.11 Å². The molecule has 0 radical (unpaired) electrons. The largest absolute Gasteiger partial charge is 0.497 e. The molecule has 0 unspecified atom stereocenters. The fraction of sp³-hybridized carbons (Fsp3) is 0.370. The van der Waals surface area contributed by atoms with Crippen molar-refractivity contribution in [3.05, 3.63) is 61.2 Å². The van der Waals surface area contributed by atoms with Crippen LogP contribution in [0.15, 0.2) is 61.2 Å². The molecule has 4 rings (SSSR count). The van der Waals surface area contributed by atoms with Crippen LogP contribution < -0.4 is 9.47 Å². The van der Waals surface area contributed by atoms with Crippen LogP contribution in [-0.4, -0.2) is 45.9 Å². The number of fused-ring (bicyclic) bond motifs is 1. The van der Waals surface area contributed by atoms with Crippen LogP contribution in [-0.2, 0) is 22.6 Å². The van der Waals surface area contributed by atoms with E-state index in [9.17, 15) is 4.79 Å². The van der Waals surface area contributed by atoms with Gasteiger partial charge in [-0.3, -0.25) is 4.79 Å². The van der Waals surface area contributed by atoms with Gasteiger partial charge in [0.2, 0.25) is 0 Å². The summed E-state index contributed by atoms with van der Waals surface area (Å²) in [6.07, 6.45) is 9.63. The Morgan fingerprint density at radius 2 is 1.77 bits per heavy atom. The average molecular weight is 477 g/mol. The fourth-order valence-electron chi connectivity index (χ4n) is 4.05. The van der Waals surface area contributed by atoms with E-state index >= 15 is 0 Å². The Morgan fingerprint density at radius 3 is 2.51 bits per heavy atom. The fourth-order valence-corrected chi connectivity index (χ4v) is 4.05. The quantitative estimate of drug-likeness (QED) is 0.197. The predicted octanol–water partition coefficient (Wildman–Crippen LogP) is 5.11. The molecule has 0 saturated carbocycles. The summed E-state index contributed by atoms with van der Waals surface area (Å²) in [6.45, 7) is 2.29. The zero-order valence-corrected chi connectivity index (χ0v) is 20.4. The smallest absolute Gasteiger partial charge is 0.305 e. The van der Waals surface area contributed by atoms with E-state index in [2.05, 4.69) is 24.9 Å². The second-order valence-corrected chi connectivity index (χ2v) is 8.36. The lowest BCUT2D eigenvalue weighted by molar-refractivity contribution is -0.140. The van der Waals surface area contributed by atoms with Gasteiger partial charge in [0.25, 0.3) is 0 Å². The third kappa shape index (κ3) is 6.41. The van der Waals surface area contributed by atoms with Gasteiger partial charge >= 0.3 is 5.97 Å². The van der Waals surface area contributed by atoms with Gasteiger partial charge in [-0.15, -0.1) is 0 Å². The van der Waals surface area contributed by atoms with Crippen LogP contribution in [0.5, 0.6) is 11.5 Å². The molecule has 0 saturated heterocycles. The number of nitrogens with zero attached hydrogens (tertiary/aromatic N) is 4. The van der Waals surface area contributed by atoms with E-state index < -0.39 is 0 Å². The van der Waals surface area contributed by atoms with Gasteiger partial charge in [0.1, 0.15) is 17.3 Å². The molecule has 35 heavy (non-hydrogen) atoms. The van der Waals surface area contributed by atoms with E-state index in [0.717, 1.165) is 72.7 Å². The third-order valence-corrected chi connectivity index (χ3v) is 5.95. The van der Waals surface area contributed by atoms with Crippen molar-refractivity contribution in [3.63, 3.8) is 0 Å². The number of aryl methyl sites for hydroxylation is 2.